The summed E-state index contributed by atoms with van der Waals surface area (Å²) in [5.41, 5.74) is 2.61. The van der Waals surface area contributed by atoms with E-state index in [0.717, 1.165) is 5.56 Å². The number of imidazole rings is 1. The predicted octanol–water partition coefficient (Wildman–Crippen LogP) is 3.78. The molecule has 3 aromatic carbocycles. The second kappa shape index (κ2) is 12.2. The molecule has 0 radical (unpaired) electrons. The number of hydrogen-bond donors (Lipinski definition) is 2. The van der Waals surface area contributed by atoms with E-state index in [1.54, 1.807) is 65.2 Å². The lowest BCUT2D eigenvalue weighted by Crippen LogP contribution is -2.37. The number of anilines is 1. The zero-order valence-corrected chi connectivity index (χ0v) is 22.3. The minimum atomic E-state index is -1.32. The quantitative estimate of drug-likeness (QED) is 0.254. The van der Waals surface area contributed by atoms with Crippen molar-refractivity contribution in [2.45, 2.75) is 31.1 Å². The molecule has 212 valence electrons. The largest absolute Gasteiger partial charge is 0.459 e. The number of carbonyl (C=O) groups is 2. The van der Waals surface area contributed by atoms with Gasteiger partial charge < -0.3 is 24.6 Å². The van der Waals surface area contributed by atoms with Gasteiger partial charge in [-0.05, 0) is 29.8 Å². The van der Waals surface area contributed by atoms with Crippen LogP contribution in [0.3, 0.4) is 0 Å². The predicted molar refractivity (Wildman–Crippen MR) is 151 cm³/mol. The van der Waals surface area contributed by atoms with Crippen molar-refractivity contribution < 1.29 is 28.9 Å². The third-order valence-electron chi connectivity index (χ3n) is 6.89. The molecule has 0 spiro atoms. The minimum Gasteiger partial charge on any atom is -0.459 e. The lowest BCUT2D eigenvalue weighted by molar-refractivity contribution is -0.0601. The van der Waals surface area contributed by atoms with Gasteiger partial charge in [-0.25, -0.2) is 24.5 Å². The van der Waals surface area contributed by atoms with Gasteiger partial charge in [-0.3, -0.25) is 4.57 Å². The molecule has 0 saturated carbocycles. The zero-order valence-electron chi connectivity index (χ0n) is 22.3. The molecule has 11 nitrogen and oxygen atoms in total. The molecule has 1 saturated heterocycles. The zero-order chi connectivity index (χ0) is 28.9. The molecule has 0 bridgehead atoms. The van der Waals surface area contributed by atoms with E-state index >= 15 is 0 Å². The first kappa shape index (κ1) is 27.1. The molecule has 11 heteroatoms. The van der Waals surface area contributed by atoms with E-state index in [1.807, 2.05) is 30.3 Å². The van der Waals surface area contributed by atoms with E-state index in [2.05, 4.69) is 20.3 Å². The molecule has 1 fully saturated rings. The molecule has 6 rings (SSSR count). The number of esters is 2. The van der Waals surface area contributed by atoms with Crippen LogP contribution in [0.1, 0.15) is 32.5 Å². The van der Waals surface area contributed by atoms with Gasteiger partial charge in [0, 0.05) is 6.54 Å². The summed E-state index contributed by atoms with van der Waals surface area (Å²) in [6.45, 7) is 0.251. The highest BCUT2D eigenvalue weighted by Gasteiger charge is 2.48. The number of aromatic nitrogens is 4. The molecule has 0 aliphatic carbocycles. The van der Waals surface area contributed by atoms with Gasteiger partial charge in [0.15, 0.2) is 29.3 Å². The van der Waals surface area contributed by atoms with Crippen molar-refractivity contribution in [3.8, 4) is 0 Å². The summed E-state index contributed by atoms with van der Waals surface area (Å²) in [4.78, 5) is 38.8. The standard InChI is InChI=1S/C31H27N5O6/c37-25-23(17-40-30(38)21-12-6-2-7-13-21)41-29(26(25)42-31(39)22-14-8-3-9-15-22)36-19-35-24-27(33-18-34-28(24)36)32-16-20-10-4-1-5-11-20/h1-15,18-19,23,25-26,29,37H,16-17H2,(H,32,33,34)/t23-,25-,26-,29-/m1/s1. The number of aliphatic hydroxyl groups excluding tert-OH is 1. The van der Waals surface area contributed by atoms with Crippen LogP contribution in [0.4, 0.5) is 5.82 Å². The van der Waals surface area contributed by atoms with Crippen molar-refractivity contribution in [3.63, 3.8) is 0 Å². The molecule has 4 atom stereocenters. The van der Waals surface area contributed by atoms with Crippen LogP contribution in [-0.2, 0) is 20.8 Å². The monoisotopic (exact) mass is 565 g/mol. The summed E-state index contributed by atoms with van der Waals surface area (Å²) in [6.07, 6.45) is -1.61. The highest BCUT2D eigenvalue weighted by Crippen LogP contribution is 2.35. The van der Waals surface area contributed by atoms with Crippen molar-refractivity contribution in [1.82, 2.24) is 19.5 Å². The molecule has 2 aromatic heterocycles. The van der Waals surface area contributed by atoms with Crippen LogP contribution in [0.2, 0.25) is 0 Å². The molecular formula is C31H27N5O6. The van der Waals surface area contributed by atoms with Crippen LogP contribution in [0.5, 0.6) is 0 Å². The molecule has 0 unspecified atom stereocenters. The molecule has 2 N–H and O–H groups in total. The number of rotatable bonds is 9. The Hall–Kier alpha value is -5.13. The Labute approximate surface area is 240 Å². The average molecular weight is 566 g/mol. The first-order valence-corrected chi connectivity index (χ1v) is 13.4. The minimum absolute atomic E-state index is 0.268. The van der Waals surface area contributed by atoms with Crippen LogP contribution < -0.4 is 5.32 Å². The Morgan fingerprint density at radius 2 is 1.50 bits per heavy atom. The number of benzene rings is 3. The van der Waals surface area contributed by atoms with E-state index in [0.29, 0.717) is 34.7 Å². The number of fused-ring (bicyclic) bond motifs is 1. The first-order chi connectivity index (χ1) is 20.6. The Bertz CT molecular complexity index is 1670. The van der Waals surface area contributed by atoms with Crippen molar-refractivity contribution in [3.05, 3.63) is 120 Å². The van der Waals surface area contributed by atoms with Gasteiger partial charge in [0.05, 0.1) is 17.5 Å². The smallest absolute Gasteiger partial charge is 0.338 e. The number of nitrogens with zero attached hydrogens (tertiary/aromatic N) is 4. The lowest BCUT2D eigenvalue weighted by atomic mass is 10.1. The van der Waals surface area contributed by atoms with Crippen molar-refractivity contribution in [2.75, 3.05) is 11.9 Å². The molecule has 42 heavy (non-hydrogen) atoms. The summed E-state index contributed by atoms with van der Waals surface area (Å²) in [5, 5.41) is 14.5. The van der Waals surface area contributed by atoms with E-state index < -0.39 is 36.5 Å². The Morgan fingerprint density at radius 3 is 2.19 bits per heavy atom. The summed E-state index contributed by atoms with van der Waals surface area (Å²) < 4.78 is 19.0. The normalized spacial score (nSPS) is 19.8. The third kappa shape index (κ3) is 5.69. The van der Waals surface area contributed by atoms with Crippen molar-refractivity contribution in [1.29, 1.82) is 0 Å². The maximum absolute atomic E-state index is 13.0. The SMILES string of the molecule is O=C(OC[C@H]1O[C@@H](n2cnc3c(NCc4ccccc4)ncnc32)[C@H](OC(=O)c2ccccc2)[C@@H]1O)c1ccccc1. The van der Waals surface area contributed by atoms with Crippen LogP contribution in [-0.4, -0.2) is 61.5 Å². The fraction of sp³-hybridized carbons (Fsp3) is 0.194. The third-order valence-corrected chi connectivity index (χ3v) is 6.89. The molecule has 3 heterocycles. The van der Waals surface area contributed by atoms with E-state index in [-0.39, 0.29) is 6.61 Å². The van der Waals surface area contributed by atoms with Crippen LogP contribution in [0.15, 0.2) is 104 Å². The number of ether oxygens (including phenoxy) is 3. The molecular weight excluding hydrogens is 538 g/mol. The van der Waals surface area contributed by atoms with Gasteiger partial charge in [-0.15, -0.1) is 0 Å². The maximum Gasteiger partial charge on any atom is 0.338 e. The summed E-state index contributed by atoms with van der Waals surface area (Å²) >= 11 is 0. The molecule has 5 aromatic rings. The Balaban J connectivity index is 1.26. The molecule has 0 amide bonds. The highest BCUT2D eigenvalue weighted by molar-refractivity contribution is 5.90. The van der Waals surface area contributed by atoms with Crippen LogP contribution >= 0.6 is 0 Å². The molecule has 1 aliphatic rings. The number of hydrogen-bond acceptors (Lipinski definition) is 10. The Morgan fingerprint density at radius 1 is 0.857 bits per heavy atom. The van der Waals surface area contributed by atoms with Crippen molar-refractivity contribution >= 4 is 28.9 Å². The van der Waals surface area contributed by atoms with Crippen LogP contribution in [0, 0.1) is 0 Å². The molecule has 1 aliphatic heterocycles. The van der Waals surface area contributed by atoms with E-state index in [4.69, 9.17) is 14.2 Å². The lowest BCUT2D eigenvalue weighted by Gasteiger charge is -2.22. The average Bonchev–Trinajstić information content (AvgIpc) is 3.61. The topological polar surface area (TPSA) is 138 Å². The summed E-state index contributed by atoms with van der Waals surface area (Å²) in [7, 11) is 0. The number of aliphatic hydroxyl groups is 1. The first-order valence-electron chi connectivity index (χ1n) is 13.4. The van der Waals surface area contributed by atoms with Gasteiger partial charge in [0.2, 0.25) is 0 Å². The summed E-state index contributed by atoms with van der Waals surface area (Å²) in [5.74, 6) is -0.700. The maximum atomic E-state index is 13.0. The van der Waals surface area contributed by atoms with Gasteiger partial charge in [0.1, 0.15) is 25.1 Å². The fourth-order valence-corrected chi connectivity index (χ4v) is 4.74. The van der Waals surface area contributed by atoms with Gasteiger partial charge >= 0.3 is 11.9 Å². The number of carbonyl (C=O) groups excluding carboxylic acids is 2. The highest BCUT2D eigenvalue weighted by atomic mass is 16.6. The van der Waals surface area contributed by atoms with Crippen molar-refractivity contribution in [2.24, 2.45) is 0 Å². The van der Waals surface area contributed by atoms with E-state index in [1.165, 1.54) is 12.7 Å². The van der Waals surface area contributed by atoms with Gasteiger partial charge in [-0.2, -0.15) is 0 Å². The van der Waals surface area contributed by atoms with Crippen LogP contribution in [0.25, 0.3) is 11.2 Å². The summed E-state index contributed by atoms with van der Waals surface area (Å²) in [6, 6.07) is 26.8. The second-order valence-electron chi connectivity index (χ2n) is 9.64. The van der Waals surface area contributed by atoms with E-state index in [9.17, 15) is 14.7 Å². The fourth-order valence-electron chi connectivity index (χ4n) is 4.74. The number of nitrogens with one attached hydrogen (secondary N) is 1. The van der Waals surface area contributed by atoms with Gasteiger partial charge in [-0.1, -0.05) is 66.7 Å². The second-order valence-corrected chi connectivity index (χ2v) is 9.64. The van der Waals surface area contributed by atoms with Gasteiger partial charge in [0.25, 0.3) is 0 Å². The Kier molecular flexibility index (Phi) is 7.84.